The fourth-order valence-corrected chi connectivity index (χ4v) is 1.28. The molecule has 64 valence electrons. The Balaban J connectivity index is 2.75. The molecule has 1 N–H and O–H groups in total. The van der Waals surface area contributed by atoms with Gasteiger partial charge in [-0.2, -0.15) is 0 Å². The number of nitroso groups, excluding NO2 is 1. The third-order valence-electron chi connectivity index (χ3n) is 1.84. The molecule has 1 heterocycles. The SMILES string of the molecule is O=Nc1cccc2c1C(=O)NC2=O. The van der Waals surface area contributed by atoms with E-state index in [9.17, 15) is 14.5 Å². The van der Waals surface area contributed by atoms with Crippen molar-refractivity contribution in [1.82, 2.24) is 5.32 Å². The van der Waals surface area contributed by atoms with E-state index in [0.717, 1.165) is 0 Å². The van der Waals surface area contributed by atoms with Crippen molar-refractivity contribution in [2.45, 2.75) is 0 Å². The van der Waals surface area contributed by atoms with Crippen LogP contribution in [0, 0.1) is 4.91 Å². The topological polar surface area (TPSA) is 75.6 Å². The minimum Gasteiger partial charge on any atom is -0.288 e. The minimum atomic E-state index is -0.560. The smallest absolute Gasteiger partial charge is 0.261 e. The van der Waals surface area contributed by atoms with E-state index in [4.69, 9.17) is 0 Å². The summed E-state index contributed by atoms with van der Waals surface area (Å²) in [7, 11) is 0. The van der Waals surface area contributed by atoms with E-state index in [0.29, 0.717) is 0 Å². The molecule has 0 radical (unpaired) electrons. The summed E-state index contributed by atoms with van der Waals surface area (Å²) >= 11 is 0. The highest BCUT2D eigenvalue weighted by atomic mass is 16.3. The van der Waals surface area contributed by atoms with Gasteiger partial charge in [-0.3, -0.25) is 14.9 Å². The Bertz CT molecular complexity index is 425. The summed E-state index contributed by atoms with van der Waals surface area (Å²) in [4.78, 5) is 32.5. The first kappa shape index (κ1) is 7.60. The summed E-state index contributed by atoms with van der Waals surface area (Å²) in [6.07, 6.45) is 0. The molecule has 13 heavy (non-hydrogen) atoms. The van der Waals surface area contributed by atoms with Crippen LogP contribution in [0.3, 0.4) is 0 Å². The zero-order valence-electron chi connectivity index (χ0n) is 6.40. The highest BCUT2D eigenvalue weighted by molar-refractivity contribution is 6.23. The zero-order chi connectivity index (χ0) is 9.42. The largest absolute Gasteiger partial charge is 0.288 e. The van der Waals surface area contributed by atoms with Crippen LogP contribution >= 0.6 is 0 Å². The molecule has 0 aromatic heterocycles. The van der Waals surface area contributed by atoms with E-state index in [-0.39, 0.29) is 16.8 Å². The summed E-state index contributed by atoms with van der Waals surface area (Å²) in [6.45, 7) is 0. The highest BCUT2D eigenvalue weighted by Crippen LogP contribution is 2.25. The van der Waals surface area contributed by atoms with Crippen LogP contribution in [0.15, 0.2) is 23.4 Å². The van der Waals surface area contributed by atoms with Gasteiger partial charge >= 0.3 is 0 Å². The molecular formula is C8H4N2O3. The molecule has 0 fully saturated rings. The van der Waals surface area contributed by atoms with E-state index < -0.39 is 11.8 Å². The fraction of sp³-hybridized carbons (Fsp3) is 0. The molecule has 1 aliphatic rings. The van der Waals surface area contributed by atoms with Crippen molar-refractivity contribution in [3.63, 3.8) is 0 Å². The molecule has 5 heteroatoms. The van der Waals surface area contributed by atoms with Crippen molar-refractivity contribution in [1.29, 1.82) is 0 Å². The van der Waals surface area contributed by atoms with Gasteiger partial charge in [0.25, 0.3) is 11.8 Å². The lowest BCUT2D eigenvalue weighted by molar-refractivity contribution is 0.0880. The van der Waals surface area contributed by atoms with Gasteiger partial charge in [0.2, 0.25) is 0 Å². The van der Waals surface area contributed by atoms with Crippen LogP contribution in [-0.4, -0.2) is 11.8 Å². The zero-order valence-corrected chi connectivity index (χ0v) is 6.40. The highest BCUT2D eigenvalue weighted by Gasteiger charge is 2.29. The fourth-order valence-electron chi connectivity index (χ4n) is 1.28. The third kappa shape index (κ3) is 0.936. The normalized spacial score (nSPS) is 13.8. The molecule has 5 nitrogen and oxygen atoms in total. The van der Waals surface area contributed by atoms with Gasteiger partial charge in [-0.05, 0) is 17.3 Å². The van der Waals surface area contributed by atoms with E-state index in [1.54, 1.807) is 0 Å². The lowest BCUT2D eigenvalue weighted by atomic mass is 10.1. The molecule has 1 aromatic rings. The van der Waals surface area contributed by atoms with Crippen molar-refractivity contribution in [2.75, 3.05) is 0 Å². The van der Waals surface area contributed by atoms with Crippen molar-refractivity contribution < 1.29 is 9.59 Å². The van der Waals surface area contributed by atoms with E-state index in [1.165, 1.54) is 18.2 Å². The molecule has 0 bridgehead atoms. The van der Waals surface area contributed by atoms with Gasteiger partial charge in [-0.25, -0.2) is 0 Å². The van der Waals surface area contributed by atoms with Crippen LogP contribution in [0.25, 0.3) is 0 Å². The summed E-state index contributed by atoms with van der Waals surface area (Å²) in [5.74, 6) is -1.04. The van der Waals surface area contributed by atoms with Gasteiger partial charge in [-0.15, -0.1) is 4.91 Å². The molecule has 0 atom stereocenters. The van der Waals surface area contributed by atoms with Crippen molar-refractivity contribution in [3.05, 3.63) is 34.2 Å². The van der Waals surface area contributed by atoms with Gasteiger partial charge in [0.05, 0.1) is 11.1 Å². The van der Waals surface area contributed by atoms with Crippen molar-refractivity contribution >= 4 is 17.5 Å². The predicted octanol–water partition coefficient (Wildman–Crippen LogP) is 0.968. The number of nitrogens with one attached hydrogen (secondary N) is 1. The second-order valence-corrected chi connectivity index (χ2v) is 2.57. The van der Waals surface area contributed by atoms with Crippen LogP contribution in [0.5, 0.6) is 0 Å². The number of imide groups is 1. The second-order valence-electron chi connectivity index (χ2n) is 2.57. The monoisotopic (exact) mass is 176 g/mol. The Morgan fingerprint density at radius 2 is 1.92 bits per heavy atom. The van der Waals surface area contributed by atoms with Crippen LogP contribution in [0.1, 0.15) is 20.7 Å². The molecule has 2 rings (SSSR count). The van der Waals surface area contributed by atoms with Gasteiger partial charge in [-0.1, -0.05) is 6.07 Å². The van der Waals surface area contributed by atoms with Crippen LogP contribution in [-0.2, 0) is 0 Å². The molecule has 0 aliphatic carbocycles. The van der Waals surface area contributed by atoms with E-state index in [2.05, 4.69) is 10.5 Å². The Hall–Kier alpha value is -2.04. The number of hydrogen-bond donors (Lipinski definition) is 1. The molecule has 1 aliphatic heterocycles. The maximum Gasteiger partial charge on any atom is 0.261 e. The average molecular weight is 176 g/mol. The standard InChI is InChI=1S/C8H4N2O3/c11-7-4-2-1-3-5(10-13)6(4)8(12)9-7/h1-3H,(H,9,11,12). The average Bonchev–Trinajstić information content (AvgIpc) is 2.43. The molecule has 2 amide bonds. The second kappa shape index (κ2) is 2.48. The van der Waals surface area contributed by atoms with Crippen LogP contribution < -0.4 is 5.32 Å². The first-order chi connectivity index (χ1) is 6.24. The number of amides is 2. The number of nitrogens with zero attached hydrogens (tertiary/aromatic N) is 1. The molecule has 1 aromatic carbocycles. The van der Waals surface area contributed by atoms with E-state index in [1.807, 2.05) is 0 Å². The molecule has 0 unspecified atom stereocenters. The third-order valence-corrected chi connectivity index (χ3v) is 1.84. The summed E-state index contributed by atoms with van der Waals surface area (Å²) in [5, 5.41) is 4.74. The maximum atomic E-state index is 11.1. The molecule has 0 spiro atoms. The lowest BCUT2D eigenvalue weighted by Crippen LogP contribution is -2.19. The Labute approximate surface area is 72.7 Å². The molecular weight excluding hydrogens is 172 g/mol. The first-order valence-electron chi connectivity index (χ1n) is 3.56. The number of rotatable bonds is 1. The summed E-state index contributed by atoms with van der Waals surface area (Å²) in [5.41, 5.74) is 0.283. The summed E-state index contributed by atoms with van der Waals surface area (Å²) in [6, 6.07) is 4.38. The first-order valence-corrected chi connectivity index (χ1v) is 3.56. The predicted molar refractivity (Wildman–Crippen MR) is 43.7 cm³/mol. The number of carbonyl (C=O) groups is 2. The Morgan fingerprint density at radius 1 is 1.15 bits per heavy atom. The van der Waals surface area contributed by atoms with Gasteiger partial charge in [0.15, 0.2) is 0 Å². The number of hydrogen-bond acceptors (Lipinski definition) is 4. The van der Waals surface area contributed by atoms with E-state index >= 15 is 0 Å². The molecule has 0 saturated heterocycles. The van der Waals surface area contributed by atoms with Crippen LogP contribution in [0.4, 0.5) is 5.69 Å². The van der Waals surface area contributed by atoms with Crippen molar-refractivity contribution in [2.24, 2.45) is 5.18 Å². The quantitative estimate of drug-likeness (QED) is 0.511. The number of carbonyl (C=O) groups excluding carboxylic acids is 2. The van der Waals surface area contributed by atoms with Gasteiger partial charge in [0.1, 0.15) is 5.69 Å². The lowest BCUT2D eigenvalue weighted by Gasteiger charge is -1.94. The Morgan fingerprint density at radius 3 is 2.62 bits per heavy atom. The molecule has 0 saturated carbocycles. The van der Waals surface area contributed by atoms with Crippen molar-refractivity contribution in [3.8, 4) is 0 Å². The summed E-state index contributed by atoms with van der Waals surface area (Å²) < 4.78 is 0. The maximum absolute atomic E-state index is 11.1. The minimum absolute atomic E-state index is 0.000787. The number of fused-ring (bicyclic) bond motifs is 1. The number of benzene rings is 1. The van der Waals surface area contributed by atoms with Crippen LogP contribution in [0.2, 0.25) is 0 Å². The van der Waals surface area contributed by atoms with Gasteiger partial charge in [0, 0.05) is 0 Å². The Kier molecular flexibility index (Phi) is 1.45. The van der Waals surface area contributed by atoms with Gasteiger partial charge < -0.3 is 0 Å².